The Morgan fingerprint density at radius 1 is 1.39 bits per heavy atom. The lowest BCUT2D eigenvalue weighted by Gasteiger charge is -2.28. The number of aryl methyl sites for hydroxylation is 1. The van der Waals surface area contributed by atoms with Gasteiger partial charge in [-0.15, -0.1) is 0 Å². The van der Waals surface area contributed by atoms with Gasteiger partial charge in [-0.25, -0.2) is 18.2 Å². The second-order valence-corrected chi connectivity index (χ2v) is 6.61. The Labute approximate surface area is 105 Å². The molecule has 0 amide bonds. The number of pyridine rings is 1. The van der Waals surface area contributed by atoms with Crippen molar-refractivity contribution in [2.45, 2.75) is 6.92 Å². The second kappa shape index (κ2) is 4.56. The minimum absolute atomic E-state index is 0.120. The van der Waals surface area contributed by atoms with Crippen LogP contribution in [-0.4, -0.2) is 49.1 Å². The van der Waals surface area contributed by atoms with Crippen LogP contribution in [0.5, 0.6) is 0 Å². The Kier molecular flexibility index (Phi) is 3.25. The van der Waals surface area contributed by atoms with Gasteiger partial charge in [0.2, 0.25) is 0 Å². The van der Waals surface area contributed by atoms with Crippen LogP contribution in [0, 0.1) is 6.92 Å². The van der Waals surface area contributed by atoms with Crippen LogP contribution in [0.25, 0.3) is 0 Å². The highest BCUT2D eigenvalue weighted by Gasteiger charge is 2.23. The monoisotopic (exact) mass is 270 g/mol. The van der Waals surface area contributed by atoms with Crippen LogP contribution in [-0.2, 0) is 9.84 Å². The van der Waals surface area contributed by atoms with Crippen LogP contribution in [0.1, 0.15) is 15.9 Å². The predicted molar refractivity (Wildman–Crippen MR) is 66.8 cm³/mol. The molecule has 1 saturated heterocycles. The van der Waals surface area contributed by atoms with Crippen LogP contribution in [0.15, 0.2) is 12.3 Å². The van der Waals surface area contributed by atoms with Crippen molar-refractivity contribution < 1.29 is 18.3 Å². The van der Waals surface area contributed by atoms with Crippen molar-refractivity contribution in [2.24, 2.45) is 0 Å². The summed E-state index contributed by atoms with van der Waals surface area (Å²) in [5.41, 5.74) is 0.884. The van der Waals surface area contributed by atoms with Gasteiger partial charge in [0.05, 0.1) is 17.1 Å². The quantitative estimate of drug-likeness (QED) is 0.833. The smallest absolute Gasteiger partial charge is 0.337 e. The molecule has 1 N–H and O–H groups in total. The fourth-order valence-electron chi connectivity index (χ4n) is 1.94. The molecule has 1 aliphatic rings. The topological polar surface area (TPSA) is 87.6 Å². The summed E-state index contributed by atoms with van der Waals surface area (Å²) >= 11 is 0. The number of carboxylic acid groups (broad SMARTS) is 1. The molecular weight excluding hydrogens is 256 g/mol. The first-order chi connectivity index (χ1) is 8.39. The Bertz CT molecular complexity index is 569. The van der Waals surface area contributed by atoms with Crippen LogP contribution in [0.2, 0.25) is 0 Å². The fraction of sp³-hybridized carbons (Fsp3) is 0.455. The molecule has 1 aliphatic heterocycles. The van der Waals surface area contributed by atoms with Gasteiger partial charge in [-0.1, -0.05) is 0 Å². The molecule has 6 nitrogen and oxygen atoms in total. The Balaban J connectivity index is 2.22. The zero-order chi connectivity index (χ0) is 13.3. The van der Waals surface area contributed by atoms with Gasteiger partial charge in [-0.3, -0.25) is 0 Å². The number of anilines is 1. The maximum absolute atomic E-state index is 11.3. The molecule has 18 heavy (non-hydrogen) atoms. The standard InChI is InChI=1S/C11H14N2O4S/c1-8-6-9(11(14)15)7-12-10(8)13-2-4-18(16,17)5-3-13/h6-7H,2-5H2,1H3,(H,14,15). The van der Waals surface area contributed by atoms with Crippen LogP contribution in [0.4, 0.5) is 5.82 Å². The lowest BCUT2D eigenvalue weighted by molar-refractivity contribution is 0.0696. The summed E-state index contributed by atoms with van der Waals surface area (Å²) < 4.78 is 22.7. The molecule has 0 radical (unpaired) electrons. The van der Waals surface area contributed by atoms with E-state index in [1.807, 2.05) is 4.90 Å². The van der Waals surface area contributed by atoms with E-state index in [2.05, 4.69) is 4.98 Å². The van der Waals surface area contributed by atoms with Gasteiger partial charge < -0.3 is 10.0 Å². The average molecular weight is 270 g/mol. The summed E-state index contributed by atoms with van der Waals surface area (Å²) in [4.78, 5) is 16.8. The molecule has 1 fully saturated rings. The molecule has 0 atom stereocenters. The number of rotatable bonds is 2. The van der Waals surface area contributed by atoms with E-state index in [0.717, 1.165) is 5.56 Å². The molecule has 98 valence electrons. The summed E-state index contributed by atoms with van der Waals surface area (Å²) in [6, 6.07) is 1.55. The minimum atomic E-state index is -2.92. The fourth-order valence-corrected chi connectivity index (χ4v) is 3.14. The Morgan fingerprint density at radius 3 is 2.50 bits per heavy atom. The summed E-state index contributed by atoms with van der Waals surface area (Å²) in [6.45, 7) is 2.59. The third-order valence-electron chi connectivity index (χ3n) is 2.94. The van der Waals surface area contributed by atoms with Crippen molar-refractivity contribution in [3.63, 3.8) is 0 Å². The molecule has 0 aliphatic carbocycles. The molecular formula is C11H14N2O4S. The van der Waals surface area contributed by atoms with Crippen molar-refractivity contribution >= 4 is 21.6 Å². The molecule has 0 saturated carbocycles. The van der Waals surface area contributed by atoms with Gasteiger partial charge in [0, 0.05) is 19.3 Å². The second-order valence-electron chi connectivity index (χ2n) is 4.31. The van der Waals surface area contributed by atoms with Gasteiger partial charge in [0.15, 0.2) is 9.84 Å². The van der Waals surface area contributed by atoms with Gasteiger partial charge in [0.1, 0.15) is 5.82 Å². The van der Waals surface area contributed by atoms with E-state index in [0.29, 0.717) is 18.9 Å². The Morgan fingerprint density at radius 2 is 2.00 bits per heavy atom. The van der Waals surface area contributed by atoms with Gasteiger partial charge in [-0.2, -0.15) is 0 Å². The third kappa shape index (κ3) is 2.61. The molecule has 0 unspecified atom stereocenters. The maximum atomic E-state index is 11.3. The zero-order valence-electron chi connectivity index (χ0n) is 9.96. The first-order valence-electron chi connectivity index (χ1n) is 5.54. The third-order valence-corrected chi connectivity index (χ3v) is 4.55. The maximum Gasteiger partial charge on any atom is 0.337 e. The van der Waals surface area contributed by atoms with E-state index in [4.69, 9.17) is 5.11 Å². The number of hydrogen-bond donors (Lipinski definition) is 1. The normalized spacial score (nSPS) is 18.6. The molecule has 1 aromatic rings. The first-order valence-corrected chi connectivity index (χ1v) is 7.36. The van der Waals surface area contributed by atoms with Crippen molar-refractivity contribution in [3.05, 3.63) is 23.4 Å². The summed E-state index contributed by atoms with van der Waals surface area (Å²) in [5, 5.41) is 8.85. The first kappa shape index (κ1) is 12.8. The number of aromatic nitrogens is 1. The highest BCUT2D eigenvalue weighted by molar-refractivity contribution is 7.91. The van der Waals surface area contributed by atoms with Crippen molar-refractivity contribution in [1.82, 2.24) is 4.98 Å². The van der Waals surface area contributed by atoms with Gasteiger partial charge in [-0.05, 0) is 18.6 Å². The van der Waals surface area contributed by atoms with E-state index >= 15 is 0 Å². The van der Waals surface area contributed by atoms with Crippen LogP contribution in [0.3, 0.4) is 0 Å². The SMILES string of the molecule is Cc1cc(C(=O)O)cnc1N1CCS(=O)(=O)CC1. The number of nitrogens with zero attached hydrogens (tertiary/aromatic N) is 2. The van der Waals surface area contributed by atoms with E-state index in [1.165, 1.54) is 6.20 Å². The Hall–Kier alpha value is -1.63. The highest BCUT2D eigenvalue weighted by Crippen LogP contribution is 2.20. The zero-order valence-corrected chi connectivity index (χ0v) is 10.8. The number of carboxylic acids is 1. The van der Waals surface area contributed by atoms with Gasteiger partial charge in [0.25, 0.3) is 0 Å². The lowest BCUT2D eigenvalue weighted by Crippen LogP contribution is -2.41. The summed E-state index contributed by atoms with van der Waals surface area (Å²) in [7, 11) is -2.92. The molecule has 1 aromatic heterocycles. The molecule has 7 heteroatoms. The van der Waals surface area contributed by atoms with Crippen molar-refractivity contribution in [1.29, 1.82) is 0 Å². The average Bonchev–Trinajstić information content (AvgIpc) is 2.29. The van der Waals surface area contributed by atoms with Gasteiger partial charge >= 0.3 is 5.97 Å². The van der Waals surface area contributed by atoms with E-state index in [1.54, 1.807) is 13.0 Å². The van der Waals surface area contributed by atoms with E-state index < -0.39 is 15.8 Å². The van der Waals surface area contributed by atoms with Crippen molar-refractivity contribution in [2.75, 3.05) is 29.5 Å². The summed E-state index contributed by atoms with van der Waals surface area (Å²) in [6.07, 6.45) is 1.30. The molecule has 2 heterocycles. The molecule has 0 aromatic carbocycles. The molecule has 0 bridgehead atoms. The lowest BCUT2D eigenvalue weighted by atomic mass is 10.2. The largest absolute Gasteiger partial charge is 0.478 e. The number of carbonyl (C=O) groups is 1. The van der Waals surface area contributed by atoms with E-state index in [9.17, 15) is 13.2 Å². The van der Waals surface area contributed by atoms with Crippen LogP contribution >= 0.6 is 0 Å². The molecule has 0 spiro atoms. The minimum Gasteiger partial charge on any atom is -0.478 e. The number of hydrogen-bond acceptors (Lipinski definition) is 5. The van der Waals surface area contributed by atoms with Crippen LogP contribution < -0.4 is 4.90 Å². The van der Waals surface area contributed by atoms with E-state index in [-0.39, 0.29) is 17.1 Å². The number of sulfone groups is 1. The highest BCUT2D eigenvalue weighted by atomic mass is 32.2. The molecule has 2 rings (SSSR count). The predicted octanol–water partition coefficient (Wildman–Crippen LogP) is 0.323. The summed E-state index contributed by atoms with van der Waals surface area (Å²) in [5.74, 6) is -0.114. The van der Waals surface area contributed by atoms with Crippen molar-refractivity contribution in [3.8, 4) is 0 Å². The number of aromatic carboxylic acids is 1.